The summed E-state index contributed by atoms with van der Waals surface area (Å²) in [7, 11) is 0. The fraction of sp³-hybridized carbons (Fsp3) is 0.471. The predicted molar refractivity (Wildman–Crippen MR) is 318 cm³/mol. The van der Waals surface area contributed by atoms with E-state index in [0.717, 1.165) is 121 Å². The van der Waals surface area contributed by atoms with Crippen molar-refractivity contribution in [3.05, 3.63) is 146 Å². The predicted octanol–water partition coefficient (Wildman–Crippen LogP) is 20.8. The molecule has 0 saturated carbocycles. The Morgan fingerprint density at radius 3 is 0.627 bits per heavy atom. The van der Waals surface area contributed by atoms with Crippen LogP contribution in [0.25, 0.3) is 0 Å². The van der Waals surface area contributed by atoms with Crippen molar-refractivity contribution in [3.8, 4) is 34.5 Å². The molecule has 0 bridgehead atoms. The van der Waals surface area contributed by atoms with Gasteiger partial charge in [0.25, 0.3) is 0 Å². The van der Waals surface area contributed by atoms with Gasteiger partial charge in [-0.1, -0.05) is 132 Å². The Morgan fingerprint density at radius 2 is 0.453 bits per heavy atom. The average molecular weight is 1020 g/mol. The lowest BCUT2D eigenvalue weighted by Crippen LogP contribution is -2.12. The molecule has 0 aliphatic carbocycles. The van der Waals surface area contributed by atoms with Crippen LogP contribution >= 0.6 is 0 Å². The molecular formula is C68H92N2O5. The van der Waals surface area contributed by atoms with Crippen molar-refractivity contribution in [2.45, 2.75) is 158 Å². The number of hydrogen-bond donors (Lipinski definition) is 0. The summed E-state index contributed by atoms with van der Waals surface area (Å²) in [6.45, 7) is 21.0. The Kier molecular flexibility index (Phi) is 25.1. The second-order valence-electron chi connectivity index (χ2n) is 20.6. The van der Waals surface area contributed by atoms with Crippen LogP contribution in [0, 0.1) is 23.7 Å². The molecule has 0 aromatic heterocycles. The first-order valence-corrected chi connectivity index (χ1v) is 29.2. The zero-order valence-corrected chi connectivity index (χ0v) is 47.2. The maximum absolute atomic E-state index is 6.55. The van der Waals surface area contributed by atoms with Crippen LogP contribution in [-0.2, 0) is 0 Å². The molecule has 7 heteroatoms. The van der Waals surface area contributed by atoms with Crippen molar-refractivity contribution >= 4 is 34.1 Å². The first-order chi connectivity index (χ1) is 36.8. The Labute approximate surface area is 453 Å². The Hall–Kier alpha value is -6.08. The highest BCUT2D eigenvalue weighted by molar-refractivity contribution is 5.78. The lowest BCUT2D eigenvalue weighted by Gasteiger charge is -2.26. The van der Waals surface area contributed by atoms with Gasteiger partial charge in [0.1, 0.15) is 34.5 Å². The van der Waals surface area contributed by atoms with E-state index < -0.39 is 0 Å². The minimum absolute atomic E-state index is 0.569. The van der Waals surface area contributed by atoms with E-state index in [-0.39, 0.29) is 0 Å². The molecule has 0 N–H and O–H groups in total. The second kappa shape index (κ2) is 32.4. The molecule has 0 aliphatic rings. The highest BCUT2D eigenvalue weighted by Crippen LogP contribution is 2.40. The topological polar surface area (TPSA) is 52.6 Å². The van der Waals surface area contributed by atoms with E-state index in [0.29, 0.717) is 23.7 Å². The van der Waals surface area contributed by atoms with Gasteiger partial charge >= 0.3 is 0 Å². The van der Waals surface area contributed by atoms with Crippen molar-refractivity contribution in [1.82, 2.24) is 0 Å². The molecule has 0 aliphatic heterocycles. The number of rotatable bonds is 36. The molecule has 6 aromatic rings. The molecule has 0 fully saturated rings. The number of unbranched alkanes of at least 4 members (excludes halogenated alkanes) is 4. The van der Waals surface area contributed by atoms with Crippen LogP contribution < -0.4 is 33.5 Å². The monoisotopic (exact) mass is 1020 g/mol. The summed E-state index contributed by atoms with van der Waals surface area (Å²) < 4.78 is 31.9. The molecule has 0 amide bonds. The first-order valence-electron chi connectivity index (χ1n) is 29.2. The van der Waals surface area contributed by atoms with Gasteiger partial charge in [-0.2, -0.15) is 0 Å². The summed E-state index contributed by atoms with van der Waals surface area (Å²) in [6, 6.07) is 50.7. The summed E-state index contributed by atoms with van der Waals surface area (Å²) in [6.07, 6.45) is 19.1. The van der Waals surface area contributed by atoms with Gasteiger partial charge in [0.15, 0.2) is 0 Å². The number of ether oxygens (including phenoxy) is 5. The molecule has 0 saturated heterocycles. The van der Waals surface area contributed by atoms with Crippen LogP contribution in [-0.4, -0.2) is 26.4 Å². The quantitative estimate of drug-likeness (QED) is 0.0389. The van der Waals surface area contributed by atoms with Crippen LogP contribution in [0.5, 0.6) is 34.5 Å². The molecule has 75 heavy (non-hydrogen) atoms. The van der Waals surface area contributed by atoms with Gasteiger partial charge in [0.05, 0.1) is 26.4 Å². The molecular weight excluding hydrogens is 925 g/mol. The van der Waals surface area contributed by atoms with Gasteiger partial charge in [-0.05, 0) is 195 Å². The number of nitrogens with zero attached hydrogens (tertiary/aromatic N) is 2. The number of anilines is 6. The molecule has 4 atom stereocenters. The van der Waals surface area contributed by atoms with Crippen molar-refractivity contribution in [3.63, 3.8) is 0 Å². The largest absolute Gasteiger partial charge is 0.493 e. The highest BCUT2D eigenvalue weighted by atomic mass is 16.5. The molecule has 0 spiro atoms. The summed E-state index contributed by atoms with van der Waals surface area (Å²) >= 11 is 0. The first kappa shape index (κ1) is 58.2. The second-order valence-corrected chi connectivity index (χ2v) is 20.6. The molecule has 6 rings (SSSR count). The Morgan fingerprint density at radius 1 is 0.267 bits per heavy atom. The summed E-state index contributed by atoms with van der Waals surface area (Å²) in [5.41, 5.74) is 6.19. The van der Waals surface area contributed by atoms with Gasteiger partial charge in [0, 0.05) is 34.1 Å². The Bertz CT molecular complexity index is 2120. The van der Waals surface area contributed by atoms with Crippen LogP contribution in [0.3, 0.4) is 0 Å². The van der Waals surface area contributed by atoms with Gasteiger partial charge in [-0.15, -0.1) is 0 Å². The van der Waals surface area contributed by atoms with Crippen LogP contribution in [0.4, 0.5) is 34.1 Å². The summed E-state index contributed by atoms with van der Waals surface area (Å²) in [5, 5.41) is 0. The van der Waals surface area contributed by atoms with E-state index in [1.165, 1.54) is 77.0 Å². The van der Waals surface area contributed by atoms with E-state index in [1.54, 1.807) is 0 Å². The third kappa shape index (κ3) is 18.6. The zero-order valence-electron chi connectivity index (χ0n) is 47.2. The fourth-order valence-corrected chi connectivity index (χ4v) is 9.57. The molecule has 7 nitrogen and oxygen atoms in total. The third-order valence-electron chi connectivity index (χ3n) is 14.9. The van der Waals surface area contributed by atoms with E-state index in [9.17, 15) is 0 Å². The van der Waals surface area contributed by atoms with Crippen LogP contribution in [0.15, 0.2) is 146 Å². The molecule has 6 aromatic carbocycles. The maximum atomic E-state index is 6.55. The van der Waals surface area contributed by atoms with Crippen molar-refractivity contribution in [2.24, 2.45) is 23.7 Å². The summed E-state index contributed by atoms with van der Waals surface area (Å²) in [5.74, 6) is 7.36. The lowest BCUT2D eigenvalue weighted by atomic mass is 10.0. The van der Waals surface area contributed by atoms with Crippen LogP contribution in [0.1, 0.15) is 158 Å². The van der Waals surface area contributed by atoms with Crippen molar-refractivity contribution < 1.29 is 23.7 Å². The van der Waals surface area contributed by atoms with Gasteiger partial charge < -0.3 is 33.5 Å². The smallest absolute Gasteiger partial charge is 0.127 e. The van der Waals surface area contributed by atoms with E-state index in [1.807, 2.05) is 24.3 Å². The molecule has 404 valence electrons. The van der Waals surface area contributed by atoms with Crippen LogP contribution in [0.2, 0.25) is 0 Å². The highest BCUT2D eigenvalue weighted by Gasteiger charge is 2.18. The number of benzene rings is 6. The van der Waals surface area contributed by atoms with E-state index in [2.05, 4.69) is 187 Å². The fourth-order valence-electron chi connectivity index (χ4n) is 9.57. The summed E-state index contributed by atoms with van der Waals surface area (Å²) in [4.78, 5) is 4.55. The molecule has 4 unspecified atom stereocenters. The van der Waals surface area contributed by atoms with Gasteiger partial charge in [-0.25, -0.2) is 0 Å². The minimum Gasteiger partial charge on any atom is -0.493 e. The van der Waals surface area contributed by atoms with Crippen molar-refractivity contribution in [1.29, 1.82) is 0 Å². The zero-order chi connectivity index (χ0) is 53.0. The van der Waals surface area contributed by atoms with Crippen molar-refractivity contribution in [2.75, 3.05) is 36.2 Å². The normalized spacial score (nSPS) is 12.9. The van der Waals surface area contributed by atoms with Gasteiger partial charge in [0.2, 0.25) is 0 Å². The maximum Gasteiger partial charge on any atom is 0.127 e. The molecule has 0 heterocycles. The third-order valence-corrected chi connectivity index (χ3v) is 14.9. The van der Waals surface area contributed by atoms with E-state index >= 15 is 0 Å². The standard InChI is InChI=1S/C68H92N2O5/c1-9-17-21-53(13-5)49-71-63-37-25-57(26-38-63)69(58-27-39-64(40-28-58)72-50-54(14-6)22-18-10-2)61-33-45-67(46-34-61)75-68-47-35-62(36-48-68)70(59-29-41-65(42-30-59)73-51-55(15-7)23-19-11-3)60-31-43-66(44-32-60)74-52-56(16-8)24-20-12-4/h25-48,53-56H,9-24,49-52H2,1-8H3. The number of hydrogen-bond acceptors (Lipinski definition) is 7. The molecule has 0 radical (unpaired) electrons. The Balaban J connectivity index is 1.21. The minimum atomic E-state index is 0.569. The van der Waals surface area contributed by atoms with E-state index in [4.69, 9.17) is 23.7 Å². The SMILES string of the molecule is CCCCC(CC)COc1ccc(N(c2ccc(OCC(CC)CCCC)cc2)c2ccc(Oc3ccc(N(c4ccc(OCC(CC)CCCC)cc4)c4ccc(OCC(CC)CCCC)cc4)cc3)cc2)cc1. The van der Waals surface area contributed by atoms with Gasteiger partial charge in [-0.3, -0.25) is 0 Å². The average Bonchev–Trinajstić information content (AvgIpc) is 3.45. The lowest BCUT2D eigenvalue weighted by molar-refractivity contribution is 0.233.